The Morgan fingerprint density at radius 2 is 1.83 bits per heavy atom. The van der Waals surface area contributed by atoms with E-state index in [-0.39, 0.29) is 11.7 Å². The lowest BCUT2D eigenvalue weighted by Crippen LogP contribution is -2.36. The van der Waals surface area contributed by atoms with Gasteiger partial charge in [-0.2, -0.15) is 0 Å². The van der Waals surface area contributed by atoms with Gasteiger partial charge in [0.15, 0.2) is 0 Å². The Bertz CT molecular complexity index is 815. The molecule has 23 heavy (non-hydrogen) atoms. The summed E-state index contributed by atoms with van der Waals surface area (Å²) in [5.74, 6) is -0.591. The second-order valence-electron chi connectivity index (χ2n) is 5.47. The molecule has 0 saturated heterocycles. The summed E-state index contributed by atoms with van der Waals surface area (Å²) in [6.07, 6.45) is 1.68. The number of hydrogen-bond acceptors (Lipinski definition) is 3. The van der Waals surface area contributed by atoms with E-state index < -0.39 is 0 Å². The van der Waals surface area contributed by atoms with Crippen LogP contribution in [0.1, 0.15) is 5.56 Å². The van der Waals surface area contributed by atoms with Crippen molar-refractivity contribution in [3.05, 3.63) is 71.7 Å². The van der Waals surface area contributed by atoms with Crippen molar-refractivity contribution >= 4 is 34.4 Å². The minimum absolute atomic E-state index is 0.214. The Morgan fingerprint density at radius 3 is 2.48 bits per heavy atom. The number of benzene rings is 2. The number of carbonyl (C=O) groups excluding carboxylic acids is 1. The molecule has 0 saturated carbocycles. The largest absolute Gasteiger partial charge is 0.383 e. The van der Waals surface area contributed by atoms with Crippen LogP contribution in [0.25, 0.3) is 0 Å². The highest BCUT2D eigenvalue weighted by Crippen LogP contribution is 2.36. The first-order valence-corrected chi connectivity index (χ1v) is 7.52. The molecule has 1 heterocycles. The summed E-state index contributed by atoms with van der Waals surface area (Å²) >= 11 is 5.43. The van der Waals surface area contributed by atoms with Gasteiger partial charge in [0, 0.05) is 31.5 Å². The van der Waals surface area contributed by atoms with Crippen LogP contribution in [0.3, 0.4) is 0 Å². The first kappa shape index (κ1) is 15.4. The minimum atomic E-state index is -0.377. The molecule has 116 valence electrons. The molecule has 0 N–H and O–H groups in total. The Kier molecular flexibility index (Phi) is 3.96. The van der Waals surface area contributed by atoms with Crippen molar-refractivity contribution in [2.45, 2.75) is 0 Å². The van der Waals surface area contributed by atoms with Crippen LogP contribution in [0, 0.1) is 5.82 Å². The monoisotopic (exact) mass is 326 g/mol. The van der Waals surface area contributed by atoms with Crippen LogP contribution < -0.4 is 4.90 Å². The van der Waals surface area contributed by atoms with E-state index in [9.17, 15) is 9.18 Å². The van der Waals surface area contributed by atoms with E-state index in [0.29, 0.717) is 21.7 Å². The molecule has 0 spiro atoms. The summed E-state index contributed by atoms with van der Waals surface area (Å²) in [4.78, 5) is 16.7. The summed E-state index contributed by atoms with van der Waals surface area (Å²) in [7, 11) is 3.63. The second kappa shape index (κ2) is 5.93. The Balaban J connectivity index is 2.25. The first-order valence-electron chi connectivity index (χ1n) is 7.11. The average Bonchev–Trinajstić information content (AvgIpc) is 2.53. The van der Waals surface area contributed by atoms with E-state index in [2.05, 4.69) is 0 Å². The lowest BCUT2D eigenvalue weighted by molar-refractivity contribution is -0.114. The summed E-state index contributed by atoms with van der Waals surface area (Å²) in [5.41, 5.74) is 2.25. The van der Waals surface area contributed by atoms with Gasteiger partial charge in [0.05, 0.1) is 16.1 Å². The zero-order valence-electron chi connectivity index (χ0n) is 12.8. The normalized spacial score (nSPS) is 15.8. The van der Waals surface area contributed by atoms with E-state index >= 15 is 0 Å². The highest BCUT2D eigenvalue weighted by atomic mass is 32.1. The third kappa shape index (κ3) is 2.75. The Labute approximate surface area is 139 Å². The molecule has 0 radical (unpaired) electrons. The molecule has 0 unspecified atom stereocenters. The van der Waals surface area contributed by atoms with Gasteiger partial charge in [0.25, 0.3) is 5.91 Å². The third-order valence-electron chi connectivity index (χ3n) is 3.52. The van der Waals surface area contributed by atoms with Gasteiger partial charge in [-0.25, -0.2) is 4.39 Å². The fraction of sp³-hybridized carbons (Fsp3) is 0.111. The van der Waals surface area contributed by atoms with Gasteiger partial charge in [-0.3, -0.25) is 9.69 Å². The van der Waals surface area contributed by atoms with Crippen LogP contribution in [0.5, 0.6) is 0 Å². The highest BCUT2D eigenvalue weighted by molar-refractivity contribution is 7.81. The number of thiocarbonyl (C=S) groups is 1. The van der Waals surface area contributed by atoms with Gasteiger partial charge in [-0.05, 0) is 30.3 Å². The maximum atomic E-state index is 13.7. The fourth-order valence-corrected chi connectivity index (χ4v) is 2.87. The number of halogens is 1. The molecule has 3 rings (SSSR count). The summed E-state index contributed by atoms with van der Waals surface area (Å²) < 4.78 is 13.7. The van der Waals surface area contributed by atoms with Crippen LogP contribution in [0.2, 0.25) is 0 Å². The number of anilines is 2. The van der Waals surface area contributed by atoms with Gasteiger partial charge < -0.3 is 4.90 Å². The van der Waals surface area contributed by atoms with Gasteiger partial charge in [0.2, 0.25) is 0 Å². The predicted octanol–water partition coefficient (Wildman–Crippen LogP) is 3.67. The van der Waals surface area contributed by atoms with E-state index in [0.717, 1.165) is 5.69 Å². The lowest BCUT2D eigenvalue weighted by Gasteiger charge is -2.31. The maximum absolute atomic E-state index is 13.7. The molecule has 0 fully saturated rings. The molecule has 1 aliphatic rings. The number of amides is 1. The third-order valence-corrected chi connectivity index (χ3v) is 3.96. The van der Waals surface area contributed by atoms with Gasteiger partial charge in [-0.1, -0.05) is 30.4 Å². The van der Waals surface area contributed by atoms with Gasteiger partial charge in [0.1, 0.15) is 5.82 Å². The Hall–Kier alpha value is -2.53. The Morgan fingerprint density at radius 1 is 1.13 bits per heavy atom. The molecule has 2 aromatic carbocycles. The van der Waals surface area contributed by atoms with Crippen molar-refractivity contribution < 1.29 is 9.18 Å². The number of carbonyl (C=O) groups is 1. The standard InChI is InChI=1S/C18H15FN2OS/c1-20(2)11-15-17(23)14-10-12(19)8-9-16(14)21(18(15)22)13-6-4-3-5-7-13/h3-11H,1-2H3. The van der Waals surface area contributed by atoms with Crippen molar-refractivity contribution in [1.29, 1.82) is 0 Å². The second-order valence-corrected chi connectivity index (χ2v) is 5.88. The molecular formula is C18H15FN2OS. The smallest absolute Gasteiger partial charge is 0.265 e. The minimum Gasteiger partial charge on any atom is -0.383 e. The predicted molar refractivity (Wildman–Crippen MR) is 93.5 cm³/mol. The molecule has 1 amide bonds. The quantitative estimate of drug-likeness (QED) is 0.621. The van der Waals surface area contributed by atoms with Crippen LogP contribution in [-0.2, 0) is 4.79 Å². The maximum Gasteiger partial charge on any atom is 0.265 e. The SMILES string of the molecule is CN(C)C=C1C(=O)N(c2ccccc2)c2ccc(F)cc2C1=S. The number of nitrogens with zero attached hydrogens (tertiary/aromatic N) is 2. The van der Waals surface area contributed by atoms with Crippen LogP contribution in [-0.4, -0.2) is 29.8 Å². The van der Waals surface area contributed by atoms with E-state index in [1.807, 2.05) is 44.4 Å². The summed E-state index contributed by atoms with van der Waals surface area (Å²) in [5, 5.41) is 0. The van der Waals surface area contributed by atoms with E-state index in [1.54, 1.807) is 22.1 Å². The van der Waals surface area contributed by atoms with Crippen LogP contribution in [0.15, 0.2) is 60.3 Å². The zero-order valence-corrected chi connectivity index (χ0v) is 13.6. The molecule has 0 atom stereocenters. The van der Waals surface area contributed by atoms with Gasteiger partial charge >= 0.3 is 0 Å². The van der Waals surface area contributed by atoms with Crippen molar-refractivity contribution in [2.24, 2.45) is 0 Å². The molecular weight excluding hydrogens is 311 g/mol. The highest BCUT2D eigenvalue weighted by Gasteiger charge is 2.33. The molecule has 2 aromatic rings. The molecule has 0 bridgehead atoms. The summed E-state index contributed by atoms with van der Waals surface area (Å²) in [6.45, 7) is 0. The van der Waals surface area contributed by atoms with E-state index in [4.69, 9.17) is 12.2 Å². The molecule has 3 nitrogen and oxygen atoms in total. The number of para-hydroxylation sites is 1. The number of hydrogen-bond donors (Lipinski definition) is 0. The molecule has 1 aliphatic heterocycles. The topological polar surface area (TPSA) is 23.6 Å². The molecule has 5 heteroatoms. The van der Waals surface area contributed by atoms with E-state index in [1.165, 1.54) is 12.1 Å². The van der Waals surface area contributed by atoms with Crippen LogP contribution in [0.4, 0.5) is 15.8 Å². The van der Waals surface area contributed by atoms with Crippen molar-refractivity contribution in [2.75, 3.05) is 19.0 Å². The lowest BCUT2D eigenvalue weighted by atomic mass is 9.96. The number of fused-ring (bicyclic) bond motifs is 1. The molecule has 0 aromatic heterocycles. The fourth-order valence-electron chi connectivity index (χ4n) is 2.56. The van der Waals surface area contributed by atoms with Crippen molar-refractivity contribution in [3.8, 4) is 0 Å². The average molecular weight is 326 g/mol. The van der Waals surface area contributed by atoms with Crippen LogP contribution >= 0.6 is 12.2 Å². The van der Waals surface area contributed by atoms with Crippen molar-refractivity contribution in [1.82, 2.24) is 4.90 Å². The zero-order chi connectivity index (χ0) is 16.6. The number of rotatable bonds is 2. The van der Waals surface area contributed by atoms with Crippen molar-refractivity contribution in [3.63, 3.8) is 0 Å². The summed E-state index contributed by atoms with van der Waals surface area (Å²) in [6, 6.07) is 13.6. The first-order chi connectivity index (χ1) is 11.0. The van der Waals surface area contributed by atoms with Gasteiger partial charge in [-0.15, -0.1) is 0 Å². The molecule has 0 aliphatic carbocycles.